The first kappa shape index (κ1) is 31.5. The predicted octanol–water partition coefficient (Wildman–Crippen LogP) is -1.98. The van der Waals surface area contributed by atoms with E-state index in [1.165, 1.54) is 0 Å². The minimum absolute atomic E-state index is 0.259. The zero-order valence-corrected chi connectivity index (χ0v) is 22.5. The summed E-state index contributed by atoms with van der Waals surface area (Å²) in [7, 11) is 0. The van der Waals surface area contributed by atoms with E-state index >= 15 is 0 Å². The number of benzene rings is 2. The highest BCUT2D eigenvalue weighted by molar-refractivity contribution is 5.88. The van der Waals surface area contributed by atoms with Crippen LogP contribution in [0.2, 0.25) is 0 Å². The SMILES string of the molecule is O=c1c(O[C@@H]2O[C@H](CO)[C@@H](O[C@@H]3O[C@H](CO)[C@H](O)C[C@H]3O)[C@H](O)[C@H]2O)c(-c2cc(O)c(O)c(O)c2)oc2cc(O)cc(O)c12. The minimum atomic E-state index is -2.03. The fraction of sp³-hybridized carbons (Fsp3) is 0.444. The summed E-state index contributed by atoms with van der Waals surface area (Å²) in [5.41, 5.74) is -1.72. The van der Waals surface area contributed by atoms with Crippen molar-refractivity contribution >= 4 is 11.0 Å². The molecule has 17 heteroatoms. The number of phenolic OH excluding ortho intramolecular Hbond substituents is 5. The van der Waals surface area contributed by atoms with Gasteiger partial charge in [-0.3, -0.25) is 4.79 Å². The van der Waals surface area contributed by atoms with E-state index in [0.717, 1.165) is 24.3 Å². The predicted molar refractivity (Wildman–Crippen MR) is 142 cm³/mol. The van der Waals surface area contributed by atoms with Crippen LogP contribution in [-0.2, 0) is 14.2 Å². The van der Waals surface area contributed by atoms with Crippen LogP contribution in [0.1, 0.15) is 6.42 Å². The minimum Gasteiger partial charge on any atom is -0.508 e. The van der Waals surface area contributed by atoms with Crippen LogP contribution in [0, 0.1) is 0 Å². The maximum atomic E-state index is 13.6. The van der Waals surface area contributed by atoms with Gasteiger partial charge in [0.15, 0.2) is 29.3 Å². The Balaban J connectivity index is 1.51. The zero-order chi connectivity index (χ0) is 32.0. The van der Waals surface area contributed by atoms with E-state index in [1.807, 2.05) is 0 Å². The van der Waals surface area contributed by atoms with Gasteiger partial charge in [-0.1, -0.05) is 0 Å². The van der Waals surface area contributed by atoms with Gasteiger partial charge in [0.25, 0.3) is 0 Å². The van der Waals surface area contributed by atoms with Crippen LogP contribution in [0.3, 0.4) is 0 Å². The molecule has 2 aromatic carbocycles. The van der Waals surface area contributed by atoms with E-state index < -0.39 is 120 Å². The number of fused-ring (bicyclic) bond motifs is 1. The Morgan fingerprint density at radius 3 is 2.05 bits per heavy atom. The summed E-state index contributed by atoms with van der Waals surface area (Å²) in [5.74, 6) is -5.12. The van der Waals surface area contributed by atoms with Crippen molar-refractivity contribution in [2.24, 2.45) is 0 Å². The van der Waals surface area contributed by atoms with E-state index in [9.17, 15) is 61.0 Å². The molecular formula is C27H30O17. The summed E-state index contributed by atoms with van der Waals surface area (Å²) in [6.45, 7) is -1.48. The van der Waals surface area contributed by atoms with Crippen molar-refractivity contribution in [3.8, 4) is 45.8 Å². The number of aromatic hydroxyl groups is 5. The number of aliphatic hydroxyl groups excluding tert-OH is 6. The Bertz CT molecular complexity index is 1550. The van der Waals surface area contributed by atoms with Crippen molar-refractivity contribution in [1.29, 1.82) is 0 Å². The molecule has 2 fully saturated rings. The molecule has 2 saturated heterocycles. The highest BCUT2D eigenvalue weighted by Crippen LogP contribution is 2.43. The van der Waals surface area contributed by atoms with Crippen LogP contribution >= 0.6 is 0 Å². The van der Waals surface area contributed by atoms with Crippen molar-refractivity contribution in [1.82, 2.24) is 0 Å². The van der Waals surface area contributed by atoms with E-state index in [1.54, 1.807) is 0 Å². The van der Waals surface area contributed by atoms with Crippen LogP contribution in [-0.4, -0.2) is 125 Å². The average Bonchev–Trinajstić information content (AvgIpc) is 2.97. The standard InChI is InChI=1S/C27H30O17/c28-6-16-10(31)5-14(35)26(41-16)43-24-17(7-29)42-27(22(39)21(24)38)44-25-20(37)18-11(32)3-9(30)4-15(18)40-23(25)8-1-12(33)19(36)13(34)2-8/h1-4,10,14,16-17,21-22,24,26-36,38-39H,5-7H2/t10-,14-,16-,17-,21-,22-,24-,26+,27+/m1/s1. The molecule has 17 nitrogen and oxygen atoms in total. The van der Waals surface area contributed by atoms with Gasteiger partial charge in [0.2, 0.25) is 17.5 Å². The number of hydrogen-bond donors (Lipinski definition) is 11. The number of phenols is 5. The van der Waals surface area contributed by atoms with Crippen molar-refractivity contribution in [2.45, 2.75) is 61.7 Å². The van der Waals surface area contributed by atoms with Gasteiger partial charge in [-0.15, -0.1) is 0 Å². The molecule has 1 aromatic heterocycles. The van der Waals surface area contributed by atoms with Crippen molar-refractivity contribution in [3.63, 3.8) is 0 Å². The molecule has 44 heavy (non-hydrogen) atoms. The van der Waals surface area contributed by atoms with E-state index in [-0.39, 0.29) is 17.6 Å². The molecule has 240 valence electrons. The molecule has 0 aliphatic carbocycles. The molecule has 0 unspecified atom stereocenters. The number of ether oxygens (including phenoxy) is 4. The maximum Gasteiger partial charge on any atom is 0.239 e. The van der Waals surface area contributed by atoms with Crippen molar-refractivity contribution in [3.05, 3.63) is 34.5 Å². The number of hydrogen-bond acceptors (Lipinski definition) is 17. The van der Waals surface area contributed by atoms with Crippen LogP contribution in [0.25, 0.3) is 22.3 Å². The van der Waals surface area contributed by atoms with E-state index in [0.29, 0.717) is 0 Å². The summed E-state index contributed by atoms with van der Waals surface area (Å²) >= 11 is 0. The van der Waals surface area contributed by atoms with Crippen molar-refractivity contribution < 1.29 is 79.5 Å². The molecule has 3 aromatic rings. The van der Waals surface area contributed by atoms with Gasteiger partial charge in [0, 0.05) is 24.1 Å². The highest BCUT2D eigenvalue weighted by Gasteiger charge is 2.49. The van der Waals surface area contributed by atoms with Crippen LogP contribution in [0.4, 0.5) is 0 Å². The summed E-state index contributed by atoms with van der Waals surface area (Å²) in [6.07, 6.45) is -14.5. The molecule has 0 amide bonds. The quantitative estimate of drug-likeness (QED) is 0.127. The molecule has 2 aliphatic heterocycles. The third kappa shape index (κ3) is 5.68. The average molecular weight is 627 g/mol. The Hall–Kier alpha value is -3.91. The Morgan fingerprint density at radius 1 is 0.773 bits per heavy atom. The van der Waals surface area contributed by atoms with Gasteiger partial charge in [-0.2, -0.15) is 0 Å². The monoisotopic (exact) mass is 626 g/mol. The second-order valence-corrected chi connectivity index (χ2v) is 10.3. The third-order valence-corrected chi connectivity index (χ3v) is 7.31. The molecule has 0 spiro atoms. The fourth-order valence-corrected chi connectivity index (χ4v) is 5.04. The molecule has 3 heterocycles. The van der Waals surface area contributed by atoms with Gasteiger partial charge in [-0.25, -0.2) is 0 Å². The highest BCUT2D eigenvalue weighted by atomic mass is 16.7. The zero-order valence-electron chi connectivity index (χ0n) is 22.5. The van der Waals surface area contributed by atoms with Crippen LogP contribution in [0.5, 0.6) is 34.5 Å². The largest absolute Gasteiger partial charge is 0.508 e. The summed E-state index contributed by atoms with van der Waals surface area (Å²) in [6, 6.07) is 3.58. The topological polar surface area (TPSA) is 290 Å². The molecule has 0 bridgehead atoms. The molecule has 0 radical (unpaired) electrons. The first-order valence-electron chi connectivity index (χ1n) is 13.2. The summed E-state index contributed by atoms with van der Waals surface area (Å²) < 4.78 is 27.9. The maximum absolute atomic E-state index is 13.6. The Morgan fingerprint density at radius 2 is 1.41 bits per heavy atom. The number of aliphatic hydroxyl groups is 6. The van der Waals surface area contributed by atoms with Gasteiger partial charge in [0.05, 0.1) is 19.3 Å². The van der Waals surface area contributed by atoms with Gasteiger partial charge >= 0.3 is 0 Å². The second kappa shape index (κ2) is 12.2. The summed E-state index contributed by atoms with van der Waals surface area (Å²) in [5, 5.41) is 111. The van der Waals surface area contributed by atoms with Gasteiger partial charge in [-0.05, 0) is 12.1 Å². The lowest BCUT2D eigenvalue weighted by Gasteiger charge is -2.44. The Kier molecular flexibility index (Phi) is 8.76. The summed E-state index contributed by atoms with van der Waals surface area (Å²) in [4.78, 5) is 13.6. The number of rotatable bonds is 7. The van der Waals surface area contributed by atoms with E-state index in [2.05, 4.69) is 0 Å². The van der Waals surface area contributed by atoms with E-state index in [4.69, 9.17) is 23.4 Å². The van der Waals surface area contributed by atoms with Gasteiger partial charge in [0.1, 0.15) is 59.1 Å². The fourth-order valence-electron chi connectivity index (χ4n) is 5.04. The van der Waals surface area contributed by atoms with Gasteiger partial charge < -0.3 is 79.5 Å². The molecular weight excluding hydrogens is 596 g/mol. The Labute approximate surface area is 246 Å². The molecule has 9 atom stereocenters. The molecule has 0 saturated carbocycles. The first-order valence-corrected chi connectivity index (χ1v) is 13.2. The molecule has 11 N–H and O–H groups in total. The van der Waals surface area contributed by atoms with Crippen LogP contribution in [0.15, 0.2) is 33.5 Å². The second-order valence-electron chi connectivity index (χ2n) is 10.3. The first-order chi connectivity index (χ1) is 20.8. The third-order valence-electron chi connectivity index (χ3n) is 7.31. The van der Waals surface area contributed by atoms with Crippen LogP contribution < -0.4 is 10.2 Å². The lowest BCUT2D eigenvalue weighted by molar-refractivity contribution is -0.340. The lowest BCUT2D eigenvalue weighted by atomic mass is 9.98. The van der Waals surface area contributed by atoms with Crippen molar-refractivity contribution in [2.75, 3.05) is 13.2 Å². The smallest absolute Gasteiger partial charge is 0.239 e. The molecule has 2 aliphatic rings. The molecule has 5 rings (SSSR count). The lowest BCUT2D eigenvalue weighted by Crippen LogP contribution is -2.63. The normalized spacial score (nSPS) is 30.8.